The molecule has 0 N–H and O–H groups in total. The van der Waals surface area contributed by atoms with Gasteiger partial charge in [-0.2, -0.15) is 11.3 Å². The SMILES string of the molecule is Cc1cc(CN2CC(C)OC(c3ccsc3)C2)no1. The number of ether oxygens (including phenoxy) is 1. The largest absolute Gasteiger partial charge is 0.368 e. The maximum absolute atomic E-state index is 6.02. The number of thiophene rings is 1. The lowest BCUT2D eigenvalue weighted by Gasteiger charge is -2.36. The van der Waals surface area contributed by atoms with Crippen LogP contribution >= 0.6 is 11.3 Å². The van der Waals surface area contributed by atoms with Crippen molar-refractivity contribution in [2.45, 2.75) is 32.6 Å². The molecule has 5 heteroatoms. The van der Waals surface area contributed by atoms with Crippen LogP contribution in [0.15, 0.2) is 27.4 Å². The second-order valence-corrected chi connectivity index (χ2v) is 5.90. The molecule has 0 spiro atoms. The van der Waals surface area contributed by atoms with Crippen LogP contribution in [0, 0.1) is 6.92 Å². The highest BCUT2D eigenvalue weighted by molar-refractivity contribution is 7.07. The molecule has 1 saturated heterocycles. The Morgan fingerprint density at radius 2 is 2.37 bits per heavy atom. The smallest absolute Gasteiger partial charge is 0.133 e. The first-order chi connectivity index (χ1) is 9.20. The van der Waals surface area contributed by atoms with E-state index in [2.05, 4.69) is 33.8 Å². The predicted octanol–water partition coefficient (Wildman–Crippen LogP) is 3.01. The predicted molar refractivity (Wildman–Crippen MR) is 74.1 cm³/mol. The molecule has 102 valence electrons. The molecule has 0 saturated carbocycles. The van der Waals surface area contributed by atoms with Crippen LogP contribution in [-0.2, 0) is 11.3 Å². The highest BCUT2D eigenvalue weighted by Gasteiger charge is 2.27. The van der Waals surface area contributed by atoms with Crippen molar-refractivity contribution in [3.63, 3.8) is 0 Å². The minimum Gasteiger partial charge on any atom is -0.368 e. The van der Waals surface area contributed by atoms with E-state index in [1.54, 1.807) is 11.3 Å². The summed E-state index contributed by atoms with van der Waals surface area (Å²) in [6.07, 6.45) is 0.412. The Bertz CT molecular complexity index is 523. The zero-order valence-electron chi connectivity index (χ0n) is 11.2. The van der Waals surface area contributed by atoms with E-state index in [0.717, 1.165) is 31.1 Å². The van der Waals surface area contributed by atoms with Crippen molar-refractivity contribution < 1.29 is 9.26 Å². The van der Waals surface area contributed by atoms with Crippen molar-refractivity contribution in [2.24, 2.45) is 0 Å². The van der Waals surface area contributed by atoms with Crippen molar-refractivity contribution >= 4 is 11.3 Å². The molecule has 3 rings (SSSR count). The zero-order valence-corrected chi connectivity index (χ0v) is 12.0. The van der Waals surface area contributed by atoms with E-state index in [4.69, 9.17) is 9.26 Å². The first kappa shape index (κ1) is 12.8. The summed E-state index contributed by atoms with van der Waals surface area (Å²) in [6.45, 7) is 6.72. The summed E-state index contributed by atoms with van der Waals surface area (Å²) in [4.78, 5) is 2.38. The van der Waals surface area contributed by atoms with E-state index in [-0.39, 0.29) is 12.2 Å². The van der Waals surface area contributed by atoms with E-state index >= 15 is 0 Å². The number of rotatable bonds is 3. The summed E-state index contributed by atoms with van der Waals surface area (Å²) in [7, 11) is 0. The van der Waals surface area contributed by atoms with Gasteiger partial charge in [-0.1, -0.05) is 5.16 Å². The van der Waals surface area contributed by atoms with Crippen LogP contribution < -0.4 is 0 Å². The van der Waals surface area contributed by atoms with E-state index in [1.165, 1.54) is 5.56 Å². The monoisotopic (exact) mass is 278 g/mol. The number of nitrogens with zero attached hydrogens (tertiary/aromatic N) is 2. The van der Waals surface area contributed by atoms with Gasteiger partial charge in [-0.3, -0.25) is 4.90 Å². The number of hydrogen-bond donors (Lipinski definition) is 0. The van der Waals surface area contributed by atoms with Crippen molar-refractivity contribution in [1.82, 2.24) is 10.1 Å². The van der Waals surface area contributed by atoms with Gasteiger partial charge < -0.3 is 9.26 Å². The Hall–Kier alpha value is -1.17. The van der Waals surface area contributed by atoms with Crippen LogP contribution in [0.4, 0.5) is 0 Å². The minimum atomic E-state index is 0.169. The summed E-state index contributed by atoms with van der Waals surface area (Å²) < 4.78 is 11.2. The molecule has 2 aromatic rings. The van der Waals surface area contributed by atoms with Crippen LogP contribution in [0.25, 0.3) is 0 Å². The maximum Gasteiger partial charge on any atom is 0.133 e. The number of aromatic nitrogens is 1. The lowest BCUT2D eigenvalue weighted by molar-refractivity contribution is -0.0816. The summed E-state index contributed by atoms with van der Waals surface area (Å²) in [5.74, 6) is 0.866. The van der Waals surface area contributed by atoms with Crippen molar-refractivity contribution in [1.29, 1.82) is 0 Å². The van der Waals surface area contributed by atoms with Gasteiger partial charge in [0.25, 0.3) is 0 Å². The molecule has 0 amide bonds. The molecule has 0 radical (unpaired) electrons. The summed E-state index contributed by atoms with van der Waals surface area (Å²) >= 11 is 1.72. The molecular weight excluding hydrogens is 260 g/mol. The van der Waals surface area contributed by atoms with Gasteiger partial charge in [-0.05, 0) is 36.2 Å². The first-order valence-electron chi connectivity index (χ1n) is 6.53. The molecule has 0 aromatic carbocycles. The second-order valence-electron chi connectivity index (χ2n) is 5.12. The van der Waals surface area contributed by atoms with Crippen LogP contribution in [0.5, 0.6) is 0 Å². The minimum absolute atomic E-state index is 0.169. The fourth-order valence-corrected chi connectivity index (χ4v) is 3.23. The Balaban J connectivity index is 1.68. The normalized spacial score (nSPS) is 24.7. The van der Waals surface area contributed by atoms with Crippen LogP contribution in [0.1, 0.15) is 30.0 Å². The fraction of sp³-hybridized carbons (Fsp3) is 0.500. The average Bonchev–Trinajstić information content (AvgIpc) is 3.00. The van der Waals surface area contributed by atoms with Crippen LogP contribution in [-0.4, -0.2) is 29.3 Å². The molecule has 19 heavy (non-hydrogen) atoms. The molecule has 2 unspecified atom stereocenters. The van der Waals surface area contributed by atoms with Crippen LogP contribution in [0.3, 0.4) is 0 Å². The van der Waals surface area contributed by atoms with Gasteiger partial charge in [0.1, 0.15) is 5.76 Å². The van der Waals surface area contributed by atoms with Gasteiger partial charge in [0, 0.05) is 25.7 Å². The second kappa shape index (κ2) is 5.45. The summed E-state index contributed by atoms with van der Waals surface area (Å²) in [5, 5.41) is 8.34. The van der Waals surface area contributed by atoms with Crippen molar-refractivity contribution in [3.05, 3.63) is 39.9 Å². The van der Waals surface area contributed by atoms with Gasteiger partial charge in [0.05, 0.1) is 17.9 Å². The van der Waals surface area contributed by atoms with Gasteiger partial charge in [-0.15, -0.1) is 0 Å². The molecule has 0 bridgehead atoms. The van der Waals surface area contributed by atoms with Gasteiger partial charge >= 0.3 is 0 Å². The Morgan fingerprint density at radius 3 is 3.05 bits per heavy atom. The lowest BCUT2D eigenvalue weighted by Crippen LogP contribution is -2.42. The highest BCUT2D eigenvalue weighted by Crippen LogP contribution is 2.27. The van der Waals surface area contributed by atoms with Gasteiger partial charge in [0.15, 0.2) is 0 Å². The number of aryl methyl sites for hydroxylation is 1. The highest BCUT2D eigenvalue weighted by atomic mass is 32.1. The Kier molecular flexibility index (Phi) is 3.68. The zero-order chi connectivity index (χ0) is 13.2. The summed E-state index contributed by atoms with van der Waals surface area (Å²) in [5.41, 5.74) is 2.27. The molecule has 3 heterocycles. The molecule has 4 nitrogen and oxygen atoms in total. The first-order valence-corrected chi connectivity index (χ1v) is 7.47. The van der Waals surface area contributed by atoms with E-state index < -0.39 is 0 Å². The maximum atomic E-state index is 6.02. The standard InChI is InChI=1S/C14H18N2O2S/c1-10-5-13(15-18-10)7-16-6-11(2)17-14(8-16)12-3-4-19-9-12/h3-5,9,11,14H,6-8H2,1-2H3. The Labute approximate surface area is 117 Å². The number of hydrogen-bond acceptors (Lipinski definition) is 5. The van der Waals surface area contributed by atoms with Gasteiger partial charge in [-0.25, -0.2) is 0 Å². The van der Waals surface area contributed by atoms with Crippen molar-refractivity contribution in [2.75, 3.05) is 13.1 Å². The third-order valence-electron chi connectivity index (χ3n) is 3.31. The number of morpholine rings is 1. The third kappa shape index (κ3) is 3.05. The molecule has 1 aliphatic heterocycles. The van der Waals surface area contributed by atoms with E-state index in [0.29, 0.717) is 0 Å². The van der Waals surface area contributed by atoms with E-state index in [1.807, 2.05) is 13.0 Å². The van der Waals surface area contributed by atoms with E-state index in [9.17, 15) is 0 Å². The molecule has 0 aliphatic carbocycles. The molecule has 2 aromatic heterocycles. The van der Waals surface area contributed by atoms with Crippen LogP contribution in [0.2, 0.25) is 0 Å². The van der Waals surface area contributed by atoms with Crippen molar-refractivity contribution in [3.8, 4) is 0 Å². The lowest BCUT2D eigenvalue weighted by atomic mass is 10.1. The molecule has 1 aliphatic rings. The quantitative estimate of drug-likeness (QED) is 0.865. The summed E-state index contributed by atoms with van der Waals surface area (Å²) in [6, 6.07) is 4.14. The van der Waals surface area contributed by atoms with Gasteiger partial charge in [0.2, 0.25) is 0 Å². The average molecular weight is 278 g/mol. The topological polar surface area (TPSA) is 38.5 Å². The molecule has 2 atom stereocenters. The third-order valence-corrected chi connectivity index (χ3v) is 4.01. The Morgan fingerprint density at radius 1 is 1.47 bits per heavy atom. The molecule has 1 fully saturated rings. The molecular formula is C14H18N2O2S. The fourth-order valence-electron chi connectivity index (χ4n) is 2.53.